The van der Waals surface area contributed by atoms with E-state index >= 15 is 0 Å². The minimum absolute atomic E-state index is 0.212. The van der Waals surface area contributed by atoms with Crippen LogP contribution >= 0.6 is 0 Å². The normalized spacial score (nSPS) is 19.1. The highest BCUT2D eigenvalue weighted by molar-refractivity contribution is 5.76. The van der Waals surface area contributed by atoms with Crippen molar-refractivity contribution in [3.63, 3.8) is 0 Å². The van der Waals surface area contributed by atoms with Crippen LogP contribution in [-0.2, 0) is 4.79 Å². The van der Waals surface area contributed by atoms with Crippen LogP contribution in [0.2, 0.25) is 0 Å². The van der Waals surface area contributed by atoms with E-state index in [2.05, 4.69) is 10.6 Å². The lowest BCUT2D eigenvalue weighted by Gasteiger charge is -2.21. The fraction of sp³-hybridized carbons (Fsp3) is 0.889. The molecular weight excluding hydrogens is 152 g/mol. The van der Waals surface area contributed by atoms with Crippen LogP contribution in [0.4, 0.5) is 0 Å². The number of nitrogens with one attached hydrogen (secondary N) is 2. The first-order valence-corrected chi connectivity index (χ1v) is 4.80. The quantitative estimate of drug-likeness (QED) is 0.648. The lowest BCUT2D eigenvalue weighted by molar-refractivity contribution is -0.122. The molecule has 2 N–H and O–H groups in total. The summed E-state index contributed by atoms with van der Waals surface area (Å²) >= 11 is 0. The van der Waals surface area contributed by atoms with E-state index in [1.165, 1.54) is 0 Å². The Morgan fingerprint density at radius 1 is 1.50 bits per heavy atom. The Bertz CT molecular complexity index is 141. The molecule has 0 unspecified atom stereocenters. The van der Waals surface area contributed by atoms with Gasteiger partial charge in [-0.3, -0.25) is 4.79 Å². The fourth-order valence-corrected chi connectivity index (χ4v) is 1.62. The molecule has 1 aliphatic rings. The Morgan fingerprint density at radius 2 is 2.17 bits per heavy atom. The summed E-state index contributed by atoms with van der Waals surface area (Å²) < 4.78 is 0. The van der Waals surface area contributed by atoms with Crippen molar-refractivity contribution in [2.24, 2.45) is 5.92 Å². The van der Waals surface area contributed by atoms with Gasteiger partial charge in [0.15, 0.2) is 0 Å². The average molecular weight is 170 g/mol. The largest absolute Gasteiger partial charge is 0.356 e. The summed E-state index contributed by atoms with van der Waals surface area (Å²) in [4.78, 5) is 11.2. The van der Waals surface area contributed by atoms with Crippen molar-refractivity contribution < 1.29 is 4.79 Å². The van der Waals surface area contributed by atoms with Gasteiger partial charge in [-0.05, 0) is 38.8 Å². The number of hydrogen-bond donors (Lipinski definition) is 2. The van der Waals surface area contributed by atoms with E-state index in [-0.39, 0.29) is 5.91 Å². The Labute approximate surface area is 73.9 Å². The smallest absolute Gasteiger partial charge is 0.220 e. The highest BCUT2D eigenvalue weighted by Crippen LogP contribution is 2.15. The Morgan fingerprint density at radius 3 is 2.75 bits per heavy atom. The van der Waals surface area contributed by atoms with Gasteiger partial charge in [-0.1, -0.05) is 0 Å². The second kappa shape index (κ2) is 5.14. The lowest BCUT2D eigenvalue weighted by Crippen LogP contribution is -2.32. The van der Waals surface area contributed by atoms with Crippen LogP contribution in [0.25, 0.3) is 0 Å². The first-order valence-electron chi connectivity index (χ1n) is 4.80. The third-order valence-electron chi connectivity index (χ3n) is 2.31. The SMILES string of the molecule is CCNC(=O)CC1CCNCC1. The Kier molecular flexibility index (Phi) is 4.08. The summed E-state index contributed by atoms with van der Waals surface area (Å²) in [5, 5.41) is 6.12. The van der Waals surface area contributed by atoms with Gasteiger partial charge in [0.25, 0.3) is 0 Å². The van der Waals surface area contributed by atoms with Gasteiger partial charge in [-0.15, -0.1) is 0 Å². The van der Waals surface area contributed by atoms with E-state index in [0.29, 0.717) is 5.92 Å². The van der Waals surface area contributed by atoms with Crippen LogP contribution < -0.4 is 10.6 Å². The first kappa shape index (κ1) is 9.52. The molecule has 0 aliphatic carbocycles. The Hall–Kier alpha value is -0.570. The molecule has 0 atom stereocenters. The highest BCUT2D eigenvalue weighted by Gasteiger charge is 2.15. The molecule has 0 aromatic carbocycles. The number of amides is 1. The molecule has 1 heterocycles. The molecule has 3 nitrogen and oxygen atoms in total. The second-order valence-electron chi connectivity index (χ2n) is 3.35. The maximum absolute atomic E-state index is 11.2. The number of piperidine rings is 1. The zero-order valence-electron chi connectivity index (χ0n) is 7.73. The minimum atomic E-state index is 0.212. The first-order chi connectivity index (χ1) is 5.83. The summed E-state index contributed by atoms with van der Waals surface area (Å²) in [6.07, 6.45) is 3.02. The maximum atomic E-state index is 11.2. The Balaban J connectivity index is 2.15. The molecule has 70 valence electrons. The monoisotopic (exact) mass is 170 g/mol. The number of hydrogen-bond acceptors (Lipinski definition) is 2. The predicted molar refractivity (Wildman–Crippen MR) is 48.9 cm³/mol. The third kappa shape index (κ3) is 3.22. The topological polar surface area (TPSA) is 41.1 Å². The van der Waals surface area contributed by atoms with E-state index in [4.69, 9.17) is 0 Å². The van der Waals surface area contributed by atoms with Gasteiger partial charge in [-0.25, -0.2) is 0 Å². The molecule has 0 bridgehead atoms. The molecular formula is C9H18N2O. The summed E-state index contributed by atoms with van der Waals surface area (Å²) in [5.41, 5.74) is 0. The molecule has 12 heavy (non-hydrogen) atoms. The molecule has 1 saturated heterocycles. The zero-order valence-corrected chi connectivity index (χ0v) is 7.73. The van der Waals surface area contributed by atoms with Crippen LogP contribution in [0.1, 0.15) is 26.2 Å². The van der Waals surface area contributed by atoms with Crippen molar-refractivity contribution >= 4 is 5.91 Å². The van der Waals surface area contributed by atoms with E-state index in [9.17, 15) is 4.79 Å². The highest BCUT2D eigenvalue weighted by atomic mass is 16.1. The van der Waals surface area contributed by atoms with Gasteiger partial charge in [0.2, 0.25) is 5.91 Å². The van der Waals surface area contributed by atoms with Crippen molar-refractivity contribution in [1.82, 2.24) is 10.6 Å². The van der Waals surface area contributed by atoms with Crippen LogP contribution in [0.15, 0.2) is 0 Å². The number of carbonyl (C=O) groups is 1. The summed E-state index contributed by atoms with van der Waals surface area (Å²) in [6, 6.07) is 0. The number of carbonyl (C=O) groups excluding carboxylic acids is 1. The molecule has 1 aliphatic heterocycles. The zero-order chi connectivity index (χ0) is 8.81. The van der Waals surface area contributed by atoms with E-state index < -0.39 is 0 Å². The molecule has 1 fully saturated rings. The van der Waals surface area contributed by atoms with Crippen LogP contribution in [0.3, 0.4) is 0 Å². The summed E-state index contributed by atoms with van der Waals surface area (Å²) in [6.45, 7) is 4.86. The van der Waals surface area contributed by atoms with Crippen LogP contribution in [0, 0.1) is 5.92 Å². The predicted octanol–water partition coefficient (Wildman–Crippen LogP) is 0.512. The van der Waals surface area contributed by atoms with Gasteiger partial charge < -0.3 is 10.6 Å². The lowest BCUT2D eigenvalue weighted by atomic mass is 9.94. The molecule has 1 rings (SSSR count). The molecule has 0 saturated carbocycles. The van der Waals surface area contributed by atoms with Gasteiger partial charge in [0, 0.05) is 13.0 Å². The molecule has 1 amide bonds. The average Bonchev–Trinajstić information content (AvgIpc) is 2.06. The summed E-state index contributed by atoms with van der Waals surface area (Å²) in [5.74, 6) is 0.821. The van der Waals surface area contributed by atoms with Gasteiger partial charge >= 0.3 is 0 Å². The molecule has 0 radical (unpaired) electrons. The van der Waals surface area contributed by atoms with Crippen LogP contribution in [0.5, 0.6) is 0 Å². The van der Waals surface area contributed by atoms with E-state index in [1.54, 1.807) is 0 Å². The van der Waals surface area contributed by atoms with Crippen molar-refractivity contribution in [3.8, 4) is 0 Å². The molecule has 3 heteroatoms. The van der Waals surface area contributed by atoms with Gasteiger partial charge in [-0.2, -0.15) is 0 Å². The number of rotatable bonds is 3. The summed E-state index contributed by atoms with van der Waals surface area (Å²) in [7, 11) is 0. The van der Waals surface area contributed by atoms with E-state index in [0.717, 1.165) is 38.9 Å². The second-order valence-corrected chi connectivity index (χ2v) is 3.35. The standard InChI is InChI=1S/C9H18N2O/c1-2-11-9(12)7-8-3-5-10-6-4-8/h8,10H,2-7H2,1H3,(H,11,12). The van der Waals surface area contributed by atoms with Crippen molar-refractivity contribution in [2.45, 2.75) is 26.2 Å². The molecule has 0 spiro atoms. The van der Waals surface area contributed by atoms with Gasteiger partial charge in [0.05, 0.1) is 0 Å². The van der Waals surface area contributed by atoms with E-state index in [1.807, 2.05) is 6.92 Å². The molecule has 0 aromatic rings. The third-order valence-corrected chi connectivity index (χ3v) is 2.31. The maximum Gasteiger partial charge on any atom is 0.220 e. The van der Waals surface area contributed by atoms with Gasteiger partial charge in [0.1, 0.15) is 0 Å². The van der Waals surface area contributed by atoms with Crippen molar-refractivity contribution in [2.75, 3.05) is 19.6 Å². The van der Waals surface area contributed by atoms with Crippen LogP contribution in [-0.4, -0.2) is 25.5 Å². The molecule has 0 aromatic heterocycles. The fourth-order valence-electron chi connectivity index (χ4n) is 1.62. The van der Waals surface area contributed by atoms with Crippen molar-refractivity contribution in [3.05, 3.63) is 0 Å². The minimum Gasteiger partial charge on any atom is -0.356 e. The van der Waals surface area contributed by atoms with Crippen molar-refractivity contribution in [1.29, 1.82) is 0 Å².